The van der Waals surface area contributed by atoms with E-state index in [0.29, 0.717) is 82.7 Å². The van der Waals surface area contributed by atoms with Crippen LogP contribution in [0.1, 0.15) is 100 Å². The van der Waals surface area contributed by atoms with E-state index in [1.54, 1.807) is 195 Å². The molecule has 0 bridgehead atoms. The van der Waals surface area contributed by atoms with Gasteiger partial charge in [-0.3, -0.25) is 39.4 Å². The molecule has 2 aliphatic rings. The molecule has 0 fully saturated rings. The molecule has 2 aliphatic heterocycles. The number of hydrogen-bond acceptors (Lipinski definition) is 24. The van der Waals surface area contributed by atoms with Gasteiger partial charge in [-0.15, -0.1) is 0 Å². The fourth-order valence-corrected chi connectivity index (χ4v) is 14.9. The first-order valence-corrected chi connectivity index (χ1v) is 42.0. The van der Waals surface area contributed by atoms with Crippen LogP contribution in [0.5, 0.6) is 0 Å². The van der Waals surface area contributed by atoms with Gasteiger partial charge < -0.3 is 71.7 Å². The Morgan fingerprint density at radius 1 is 0.415 bits per heavy atom. The van der Waals surface area contributed by atoms with Crippen molar-refractivity contribution in [3.8, 4) is 44.5 Å². The third kappa shape index (κ3) is 30.3. The first-order valence-electron chi connectivity index (χ1n) is 39.6. The number of aliphatic hydroxyl groups is 1. The summed E-state index contributed by atoms with van der Waals surface area (Å²) in [5.41, 5.74) is 18.1. The molecular weight excluding hydrogens is 1870 g/mol. The quantitative estimate of drug-likeness (QED) is 0.0108. The van der Waals surface area contributed by atoms with Gasteiger partial charge in [0.1, 0.15) is 11.6 Å². The molecule has 0 saturated carbocycles. The summed E-state index contributed by atoms with van der Waals surface area (Å²) in [6, 6.07) is 86.1. The number of carbonyl (C=O) groups is 9. The number of nitrogen functional groups attached to an aromatic ring is 1. The second kappa shape index (κ2) is 51.5. The van der Waals surface area contributed by atoms with Crippen LogP contribution in [0.25, 0.3) is 44.5 Å². The summed E-state index contributed by atoms with van der Waals surface area (Å²) in [4.78, 5) is 131. The molecule has 680 valence electrons. The Morgan fingerprint density at radius 3 is 1.10 bits per heavy atom. The van der Waals surface area contributed by atoms with Gasteiger partial charge in [-0.1, -0.05) is 155 Å². The monoisotopic (exact) mass is 1950 g/mol. The molecule has 16 rings (SSSR count). The first kappa shape index (κ1) is 106. The normalized spacial score (nSPS) is 10.7. The number of carbonyl (C=O) groups excluding carboxylic acids is 8. The van der Waals surface area contributed by atoms with Crippen molar-refractivity contribution in [2.75, 3.05) is 62.0 Å². The number of nitrogens with zero attached hydrogens (tertiary/aromatic N) is 2. The number of rotatable bonds is 16. The molecule has 14 aromatic rings. The van der Waals surface area contributed by atoms with E-state index < -0.39 is 58.3 Å². The van der Waals surface area contributed by atoms with Gasteiger partial charge in [-0.25, -0.2) is 32.8 Å². The van der Waals surface area contributed by atoms with Crippen molar-refractivity contribution < 1.29 is 158 Å². The fourth-order valence-electron chi connectivity index (χ4n) is 12.5. The van der Waals surface area contributed by atoms with Gasteiger partial charge in [-0.2, -0.15) is 0 Å². The predicted molar refractivity (Wildman–Crippen MR) is 508 cm³/mol. The minimum Gasteiger partial charge on any atom is -0.870 e. The maximum atomic E-state index is 13.7. The second-order valence-electron chi connectivity index (χ2n) is 28.0. The van der Waals surface area contributed by atoms with Gasteiger partial charge in [0.25, 0.3) is 35.0 Å². The van der Waals surface area contributed by atoms with E-state index in [9.17, 15) is 77.3 Å². The molecule has 14 aromatic carbocycles. The zero-order valence-corrected chi connectivity index (χ0v) is 78.7. The minimum atomic E-state index is -1.66. The summed E-state index contributed by atoms with van der Waals surface area (Å²) in [5.74, 6) is -5.14. The largest absolute Gasteiger partial charge is 1.00 e. The van der Waals surface area contributed by atoms with Crippen LogP contribution < -0.4 is 83.8 Å². The number of nitro groups is 2. The van der Waals surface area contributed by atoms with Gasteiger partial charge in [-0.05, 0) is 233 Å². The van der Waals surface area contributed by atoms with Crippen LogP contribution in [0.4, 0.5) is 48.6 Å². The van der Waals surface area contributed by atoms with Crippen LogP contribution in [0, 0.1) is 31.9 Å². The predicted octanol–water partition coefficient (Wildman–Crippen LogP) is 16.5. The Hall–Kier alpha value is -14.5. The second-order valence-corrected chi connectivity index (χ2v) is 31.0. The average Bonchev–Trinajstić information content (AvgIpc) is 1.65. The molecule has 0 aliphatic carbocycles. The van der Waals surface area contributed by atoms with Crippen LogP contribution in [-0.2, 0) is 18.9 Å². The summed E-state index contributed by atoms with van der Waals surface area (Å²) in [7, 11) is 3.71. The SMILES string of the molecule is CCO.COC(=O)c1cccc(-c2cccc(N)c2)c1.COC(=O)c1cccc(-c2cccc(NC(=O)c3ccc4c(c3)NC(=O)c3cc(F)ccc3S4)c2)c1.COC(=O)c1cccc(-c2cccc([N+](=O)[O-])c2)c1.COC(=O)c1cccc(Br)c1.O=C(O)c1cccc(-c2cccc(NC(=O)c3ccc4c(c3)NC(=O)c3cc(F)ccc3S4)c2)c1.O=[N+]([O-])c1cccc(B(O)O)c1.[K+].[OH-]. The Bertz CT molecular complexity index is 6740. The number of nitrogens with one attached hydrogen (secondary N) is 4. The van der Waals surface area contributed by atoms with E-state index in [4.69, 9.17) is 25.6 Å². The number of aromatic carboxylic acids is 1. The first-order chi connectivity index (χ1) is 63.9. The average molecular weight is 1950 g/mol. The summed E-state index contributed by atoms with van der Waals surface area (Å²) in [6.45, 7) is 1.93. The summed E-state index contributed by atoms with van der Waals surface area (Å²) < 4.78 is 46.8. The summed E-state index contributed by atoms with van der Waals surface area (Å²) in [6.07, 6.45) is 0. The Morgan fingerprint density at radius 2 is 0.733 bits per heavy atom. The fraction of sp³-hybridized carbons (Fsp3) is 0.0606. The number of nitrogens with two attached hydrogens (primary N) is 1. The molecule has 0 radical (unpaired) electrons. The van der Waals surface area contributed by atoms with Crippen molar-refractivity contribution in [2.45, 2.75) is 26.5 Å². The zero-order chi connectivity index (χ0) is 96.0. The van der Waals surface area contributed by atoms with E-state index >= 15 is 0 Å². The van der Waals surface area contributed by atoms with Gasteiger partial charge in [0.05, 0.1) is 88.6 Å². The zero-order valence-electron chi connectivity index (χ0n) is 72.4. The van der Waals surface area contributed by atoms with E-state index in [0.717, 1.165) is 53.7 Å². The van der Waals surface area contributed by atoms with Crippen LogP contribution in [0.2, 0.25) is 0 Å². The smallest absolute Gasteiger partial charge is 0.870 e. The number of aliphatic hydroxyl groups excluding tert-OH is 1. The number of ether oxygens (including phenoxy) is 4. The van der Waals surface area contributed by atoms with Crippen molar-refractivity contribution in [2.24, 2.45) is 0 Å². The topological polar surface area (TPSA) is 462 Å². The van der Waals surface area contributed by atoms with Gasteiger partial charge in [0, 0.05) is 83.1 Å². The third-order valence-corrected chi connectivity index (χ3v) is 21.7. The molecule has 0 spiro atoms. The number of nitro benzene ring substituents is 2. The number of fused-ring (bicyclic) bond motifs is 4. The van der Waals surface area contributed by atoms with Crippen LogP contribution in [0.3, 0.4) is 0 Å². The minimum absolute atomic E-state index is 0. The molecule has 0 atom stereocenters. The van der Waals surface area contributed by atoms with Crippen molar-refractivity contribution in [1.82, 2.24) is 0 Å². The van der Waals surface area contributed by atoms with Crippen LogP contribution >= 0.6 is 39.5 Å². The molecule has 29 nitrogen and oxygen atoms in total. The number of benzene rings is 14. The van der Waals surface area contributed by atoms with E-state index in [1.807, 2.05) is 60.7 Å². The van der Waals surface area contributed by atoms with E-state index in [2.05, 4.69) is 51.4 Å². The third-order valence-electron chi connectivity index (χ3n) is 18.9. The molecular formula is C99H80BBrF2KN7O22S2. The van der Waals surface area contributed by atoms with E-state index in [1.165, 1.54) is 113 Å². The molecule has 4 amide bonds. The van der Waals surface area contributed by atoms with Crippen molar-refractivity contribution >= 4 is 145 Å². The van der Waals surface area contributed by atoms with Gasteiger partial charge >= 0.3 is 88.3 Å². The maximum Gasteiger partial charge on any atom is 1.00 e. The van der Waals surface area contributed by atoms with Gasteiger partial charge in [0.2, 0.25) is 0 Å². The number of esters is 4. The van der Waals surface area contributed by atoms with Crippen LogP contribution in [-0.4, -0.2) is 131 Å². The number of non-ortho nitro benzene ring substituents is 2. The number of anilines is 5. The maximum absolute atomic E-state index is 13.7. The van der Waals surface area contributed by atoms with E-state index in [-0.39, 0.29) is 121 Å². The standard InChI is InChI=1S/C28H19FN2O4S.C27H17FN2O4S.C14H11NO4.C14H13NO2.C8H7BrO2.C6H6BNO4.C2H6O.K.H2O/c1-35-28(34)19-6-2-4-16(12-19)17-5-3-7-21(13-17)30-26(32)18-8-10-25-23(14-18)31-27(33)22-15-20(29)9-11-24(22)36-25;28-19-8-10-23-21(14-19)26(32)30-22-13-17(7-9-24(22)35-23)25(31)29-20-6-2-4-16(12-20)15-3-1-5-18(11-15)27(33)34;1-19-14(16)12-6-2-4-10(8-12)11-5-3-7-13(9-11)15(17)18;1-17-14(16)12-6-2-4-10(8-12)11-5-3-7-13(15)9-11;1-11-8(10)6-3-2-4-7(9)5-6;9-7(10)5-2-1-3-6(4-5)8(11)12;1-2-3;;/h2-15H,1H3,(H,30,32)(H,31,33);1-14H,(H,29,31)(H,30,32)(H,33,34);2-9H,1H3;2-9H,15H2,1H3;2-5H,1H3;1-4,9-10H;3H,2H2,1H3;;1H2/q;;;;;;;+1;/p-1. The number of amides is 4. The number of halogens is 3. The van der Waals surface area contributed by atoms with Crippen LogP contribution in [0.15, 0.2) is 340 Å². The molecule has 36 heteroatoms. The number of carboxylic acids is 1. The molecule has 0 unspecified atom stereocenters. The number of carboxylic acid groups (broad SMARTS) is 1. The molecule has 135 heavy (non-hydrogen) atoms. The molecule has 11 N–H and O–H groups in total. The van der Waals surface area contributed by atoms with Gasteiger partial charge in [0.15, 0.2) is 0 Å². The molecule has 2 heterocycles. The molecule has 0 saturated heterocycles. The van der Waals surface area contributed by atoms with Crippen molar-refractivity contribution in [1.29, 1.82) is 0 Å². The Balaban J connectivity index is 0.000000208. The molecule has 0 aromatic heterocycles. The summed E-state index contributed by atoms with van der Waals surface area (Å²) in [5, 5.41) is 66.3. The Labute approximate surface area is 830 Å². The number of hydrogen-bond donors (Lipinski definition) is 9. The van der Waals surface area contributed by atoms with Crippen molar-refractivity contribution in [3.63, 3.8) is 0 Å². The Kier molecular flexibility index (Phi) is 40.4. The summed E-state index contributed by atoms with van der Waals surface area (Å²) >= 11 is 5.90. The van der Waals surface area contributed by atoms with Crippen molar-refractivity contribution in [3.05, 3.63) is 402 Å². The number of methoxy groups -OCH3 is 4.